The van der Waals surface area contributed by atoms with E-state index in [2.05, 4.69) is 50.7 Å². The fourth-order valence-electron chi connectivity index (χ4n) is 8.02. The number of rotatable bonds is 22. The molecule has 0 aliphatic rings. The van der Waals surface area contributed by atoms with Crippen molar-refractivity contribution in [3.05, 3.63) is 207 Å². The normalized spacial score (nSPS) is 11.3. The number of benzene rings is 6. The molecule has 1 amide bonds. The Hall–Kier alpha value is -8.97. The van der Waals surface area contributed by atoms with Crippen molar-refractivity contribution in [1.29, 1.82) is 5.41 Å². The van der Waals surface area contributed by atoms with Crippen molar-refractivity contribution in [3.8, 4) is 40.0 Å². The summed E-state index contributed by atoms with van der Waals surface area (Å²) in [6.45, 7) is 10.6. The molecule has 3 atom stereocenters. The monoisotopic (exact) mass is 1430 g/mol. The number of amidine groups is 1. The number of carboxylic acids is 1. The van der Waals surface area contributed by atoms with E-state index in [9.17, 15) is 50.7 Å². The summed E-state index contributed by atoms with van der Waals surface area (Å²) >= 11 is 15.2. The Kier molecular flexibility index (Phi) is 33.3. The van der Waals surface area contributed by atoms with Gasteiger partial charge in [0.1, 0.15) is 34.8 Å². The highest BCUT2D eigenvalue weighted by Gasteiger charge is 2.30. The highest BCUT2D eigenvalue weighted by Crippen LogP contribution is 2.32. The first kappa shape index (κ1) is 79.3. The number of aromatic amines is 2. The Bertz CT molecular complexity index is 3790. The molecule has 0 radical (unpaired) electrons. The second-order valence-electron chi connectivity index (χ2n) is 20.8. The highest BCUT2D eigenvalue weighted by atomic mass is 79.9. The first-order valence-corrected chi connectivity index (χ1v) is 30.3. The van der Waals surface area contributed by atoms with Crippen LogP contribution in [0.3, 0.4) is 0 Å². The lowest BCUT2D eigenvalue weighted by atomic mass is 9.93. The number of halogens is 9. The molecule has 27 heteroatoms. The minimum absolute atomic E-state index is 0. The number of amides is 1. The maximum absolute atomic E-state index is 13.5. The molecule has 0 bridgehead atoms. The molecule has 8 aromatic rings. The number of methoxy groups -OCH3 is 1. The number of ether oxygens (including phenoxy) is 4. The number of aliphatic carboxylic acids is 1. The van der Waals surface area contributed by atoms with E-state index >= 15 is 0 Å². The smallest absolute Gasteiger partial charge is 0.343 e. The Labute approximate surface area is 564 Å². The van der Waals surface area contributed by atoms with Gasteiger partial charge in [-0.05, 0) is 64.1 Å². The molecule has 6 aromatic carbocycles. The van der Waals surface area contributed by atoms with Crippen molar-refractivity contribution in [2.45, 2.75) is 79.4 Å². The SMILES string of the molecule is CC(C)Oc1ccc(C(=O)Oc2c(F)c(F)c(F)c(F)c2F)cc1Cl.CNC(=O)[C@@H](CC(=O)c1ccc(OC(C)C)c(Cl)c1)Cc1cnc(-c2ccccc2)[nH]1.COC(=O)[C@@H](C)CC(=O)CBr.C[C@@H](Cc1cnc(-c2ccccc2)[nH]1)C(=O)O.Cl.N=C(N)c1ccccc1. The maximum Gasteiger partial charge on any atom is 0.343 e. The summed E-state index contributed by atoms with van der Waals surface area (Å²) in [6.07, 6.45) is 4.32. The quantitative estimate of drug-likeness (QED) is 0.00424. The topological polar surface area (TPSA) is 279 Å². The van der Waals surface area contributed by atoms with Crippen LogP contribution in [-0.2, 0) is 36.8 Å². The van der Waals surface area contributed by atoms with Gasteiger partial charge in [0.05, 0.1) is 58.0 Å². The molecular weight excluding hydrogens is 1360 g/mol. The van der Waals surface area contributed by atoms with Gasteiger partial charge in [-0.3, -0.25) is 29.4 Å². The maximum atomic E-state index is 13.5. The van der Waals surface area contributed by atoms with Gasteiger partial charge in [0.2, 0.25) is 40.7 Å². The number of nitrogens with one attached hydrogen (secondary N) is 4. The number of H-pyrrole nitrogens is 2. The van der Waals surface area contributed by atoms with E-state index in [1.165, 1.54) is 13.2 Å². The minimum atomic E-state index is -2.35. The molecule has 0 aliphatic heterocycles. The molecule has 0 saturated heterocycles. The molecule has 2 heterocycles. The van der Waals surface area contributed by atoms with E-state index in [0.717, 1.165) is 51.9 Å². The summed E-state index contributed by atoms with van der Waals surface area (Å²) in [5, 5.41) is 19.2. The number of carboxylic acid groups (broad SMARTS) is 1. The molecule has 502 valence electrons. The third kappa shape index (κ3) is 25.2. The van der Waals surface area contributed by atoms with Crippen LogP contribution in [0.5, 0.6) is 17.2 Å². The fourth-order valence-corrected chi connectivity index (χ4v) is 8.70. The van der Waals surface area contributed by atoms with Crippen LogP contribution in [0.4, 0.5) is 22.0 Å². The average molecular weight is 1430 g/mol. The first-order chi connectivity index (χ1) is 44.1. The number of carbonyl (C=O) groups excluding carboxylic acids is 5. The van der Waals surface area contributed by atoms with Gasteiger partial charge >= 0.3 is 17.9 Å². The number of nitrogens with zero attached hydrogens (tertiary/aromatic N) is 2. The van der Waals surface area contributed by atoms with Crippen LogP contribution in [-0.4, -0.2) is 98.0 Å². The number of esters is 2. The summed E-state index contributed by atoms with van der Waals surface area (Å²) < 4.78 is 85.9. The van der Waals surface area contributed by atoms with Gasteiger partial charge < -0.3 is 45.1 Å². The number of aromatic nitrogens is 4. The standard InChI is InChI=1S/C24H26ClN3O3.C16H10ClF5O3.C13H14N2O2.C7H11BrO3.C7H8N2.ClH/c1-15(2)31-22-10-9-17(12-20(22)25)21(29)13-18(24(30)26-3)11-19-14-27-23(28-19)16-7-5-4-6-8-16;1-6(2)24-9-4-3-7(5-8(9)17)16(23)25-15-13(21)11(19)10(18)12(20)14(15)22;1-9(13(16)17)7-11-8-14-12(15-11)10-5-3-2-4-6-10;1-5(7(10)11-2)3-6(9)4-8;8-7(9)6-4-2-1-3-5-6;/h4-10,12,14-15,18H,11,13H2,1-3H3,(H,26,30)(H,27,28);3-6H,1-2H3;2-6,8-9H,7H2,1H3,(H,14,15)(H,16,17);5H,3-4H2,1-2H3;1-5H,(H3,8,9);1H/t18-;;9-;5-;;/m1.00../s1. The lowest BCUT2D eigenvalue weighted by Crippen LogP contribution is -2.30. The van der Waals surface area contributed by atoms with Crippen LogP contribution in [0.25, 0.3) is 22.8 Å². The predicted molar refractivity (Wildman–Crippen MR) is 354 cm³/mol. The molecule has 8 rings (SSSR count). The molecule has 0 unspecified atom stereocenters. The number of nitrogens with two attached hydrogens (primary N) is 1. The third-order valence-electron chi connectivity index (χ3n) is 12.7. The summed E-state index contributed by atoms with van der Waals surface area (Å²) in [5.41, 5.74) is 9.74. The van der Waals surface area contributed by atoms with Crippen LogP contribution in [0.1, 0.15) is 92.1 Å². The van der Waals surface area contributed by atoms with Gasteiger partial charge in [-0.15, -0.1) is 12.4 Å². The lowest BCUT2D eigenvalue weighted by Gasteiger charge is -2.15. The average Bonchev–Trinajstić information content (AvgIpc) is 1.11. The molecule has 0 spiro atoms. The zero-order valence-corrected chi connectivity index (χ0v) is 56.0. The number of nitrogen functional groups attached to an aromatic ring is 1. The predicted octanol–water partition coefficient (Wildman–Crippen LogP) is 14.6. The van der Waals surface area contributed by atoms with Gasteiger partial charge in [0, 0.05) is 78.8 Å². The fraction of sp³-hybridized carbons (Fsp3) is 0.269. The van der Waals surface area contributed by atoms with E-state index in [4.69, 9.17) is 48.9 Å². The number of imidazole rings is 2. The third-order valence-corrected chi connectivity index (χ3v) is 13.9. The molecule has 2 aromatic heterocycles. The molecule has 0 saturated carbocycles. The summed E-state index contributed by atoms with van der Waals surface area (Å²) in [5.74, 6) is -14.7. The lowest BCUT2D eigenvalue weighted by molar-refractivity contribution is -0.146. The molecule has 18 nitrogen and oxygen atoms in total. The summed E-state index contributed by atoms with van der Waals surface area (Å²) in [4.78, 5) is 84.6. The van der Waals surface area contributed by atoms with E-state index in [1.807, 2.05) is 105 Å². The van der Waals surface area contributed by atoms with E-state index < -0.39 is 58.6 Å². The van der Waals surface area contributed by atoms with Gasteiger partial charge in [-0.25, -0.2) is 27.9 Å². The summed E-state index contributed by atoms with van der Waals surface area (Å²) in [6, 6.07) is 37.2. The number of ketones is 2. The number of carbonyl (C=O) groups is 6. The van der Waals surface area contributed by atoms with Gasteiger partial charge in [-0.2, -0.15) is 8.78 Å². The molecule has 0 aliphatic carbocycles. The molecule has 0 fully saturated rings. The molecular formula is C67H70BrCl3F5N7O11. The van der Waals surface area contributed by atoms with Crippen LogP contribution in [0.2, 0.25) is 10.0 Å². The Morgan fingerprint density at radius 2 is 1.06 bits per heavy atom. The van der Waals surface area contributed by atoms with Crippen molar-refractivity contribution in [2.24, 2.45) is 23.5 Å². The van der Waals surface area contributed by atoms with Gasteiger partial charge in [0.15, 0.2) is 5.78 Å². The Balaban J connectivity index is 0.000000327. The Morgan fingerprint density at radius 3 is 1.47 bits per heavy atom. The van der Waals surface area contributed by atoms with Crippen LogP contribution in [0, 0.1) is 52.2 Å². The van der Waals surface area contributed by atoms with Crippen LogP contribution < -0.4 is 25.3 Å². The number of hydrogen-bond acceptors (Lipinski definition) is 13. The van der Waals surface area contributed by atoms with Crippen molar-refractivity contribution < 1.29 is 74.8 Å². The van der Waals surface area contributed by atoms with E-state index in [-0.39, 0.29) is 89.0 Å². The van der Waals surface area contributed by atoms with E-state index in [1.54, 1.807) is 65.3 Å². The van der Waals surface area contributed by atoms with E-state index in [0.29, 0.717) is 34.5 Å². The second kappa shape index (κ2) is 39.5. The van der Waals surface area contributed by atoms with Crippen molar-refractivity contribution in [3.63, 3.8) is 0 Å². The zero-order valence-electron chi connectivity index (χ0n) is 52.1. The number of Topliss-reactive ketones (excluding diaryl/α,β-unsaturated/α-hetero) is 2. The molecule has 94 heavy (non-hydrogen) atoms. The van der Waals surface area contributed by atoms with Gasteiger partial charge in [-0.1, -0.05) is 144 Å². The number of alkyl halides is 1. The van der Waals surface area contributed by atoms with Crippen LogP contribution in [0.15, 0.2) is 140 Å². The van der Waals surface area contributed by atoms with Gasteiger partial charge in [0.25, 0.3) is 0 Å². The van der Waals surface area contributed by atoms with Crippen molar-refractivity contribution in [2.75, 3.05) is 19.5 Å². The van der Waals surface area contributed by atoms with Crippen molar-refractivity contribution >= 4 is 92.8 Å². The summed E-state index contributed by atoms with van der Waals surface area (Å²) in [7, 11) is 2.88. The largest absolute Gasteiger partial charge is 0.489 e. The highest BCUT2D eigenvalue weighted by molar-refractivity contribution is 9.09. The molecule has 7 N–H and O–H groups in total. The van der Waals surface area contributed by atoms with Crippen molar-refractivity contribution in [1.82, 2.24) is 25.3 Å². The minimum Gasteiger partial charge on any atom is -0.489 e. The first-order valence-electron chi connectivity index (χ1n) is 28.5. The Morgan fingerprint density at radius 1 is 0.628 bits per heavy atom. The second-order valence-corrected chi connectivity index (χ2v) is 22.2. The zero-order chi connectivity index (χ0) is 69.1. The van der Waals surface area contributed by atoms with Crippen LogP contribution >= 0.6 is 51.5 Å². The number of hydrogen-bond donors (Lipinski definition) is 6.